The van der Waals surface area contributed by atoms with Crippen molar-refractivity contribution in [2.24, 2.45) is 17.8 Å². The first-order valence-electron chi connectivity index (χ1n) is 19.5. The van der Waals surface area contributed by atoms with Gasteiger partial charge in [-0.25, -0.2) is 0 Å². The van der Waals surface area contributed by atoms with Gasteiger partial charge in [0.15, 0.2) is 0 Å². The van der Waals surface area contributed by atoms with Gasteiger partial charge in [-0.1, -0.05) is 66.1 Å². The zero-order chi connectivity index (χ0) is 37.7. The number of nitrogens with zero attached hydrogens (tertiary/aromatic N) is 2. The summed E-state index contributed by atoms with van der Waals surface area (Å²) in [6.07, 6.45) is 11.2. The number of rotatable bonds is 6. The zero-order valence-corrected chi connectivity index (χ0v) is 37.2. The van der Waals surface area contributed by atoms with Gasteiger partial charge in [-0.3, -0.25) is 0 Å². The molecule has 9 rings (SSSR count). The minimum absolute atomic E-state index is 0. The van der Waals surface area contributed by atoms with E-state index < -0.39 is 13.3 Å². The van der Waals surface area contributed by atoms with Gasteiger partial charge in [0, 0.05) is 37.9 Å². The molecule has 0 amide bonds. The summed E-state index contributed by atoms with van der Waals surface area (Å²) in [5, 5.41) is 2.26. The Morgan fingerprint density at radius 3 is 2.18 bits per heavy atom. The first kappa shape index (κ1) is 38.9. The van der Waals surface area contributed by atoms with Gasteiger partial charge in [-0.15, -0.1) is 6.07 Å². The Kier molecular flexibility index (Phi) is 11.1. The van der Waals surface area contributed by atoms with E-state index in [0.717, 1.165) is 85.3 Å². The van der Waals surface area contributed by atoms with Crippen LogP contribution in [0.15, 0.2) is 120 Å². The standard InChI is InChI=1S/C33H30NO.C17H22GeN.Ir/c1-21-8-12-29-28-13-11-26(24-6-4-3-5-7-24)20-31(28)35-33(29)32(21)30-19-23(14-15-34(30)2)18-27-17-22-9-10-25(27)16-22;1-13-9-7-8-10-15(13)17-11-14(2)16(12-19(17)6)18(3,4)5;/h3-8,11-15,19-20,22,25,27H,1-2,9-10,16-18H2;7-12H,1,6H2,2-5H3;/q2*-1;. The Bertz CT molecular complexity index is 2500. The van der Waals surface area contributed by atoms with E-state index in [0.29, 0.717) is 0 Å². The second kappa shape index (κ2) is 15.7. The first-order valence-corrected chi connectivity index (χ1v) is 26.8. The fourth-order valence-corrected chi connectivity index (χ4v) is 13.1. The molecule has 3 nitrogen and oxygen atoms in total. The molecule has 1 radical (unpaired) electrons. The molecule has 0 N–H and O–H groups in total. The Morgan fingerprint density at radius 1 is 0.727 bits per heavy atom. The molecular weight excluding hydrogens is 909 g/mol. The average Bonchev–Trinajstić information content (AvgIpc) is 3.88. The molecule has 2 aliphatic carbocycles. The van der Waals surface area contributed by atoms with Crippen molar-refractivity contribution in [1.82, 2.24) is 0 Å². The molecule has 5 heteroatoms. The SMILES string of the molecule is [CH2-]c1ccc2c(oc3cc(-c4ccccc4)ccc32)c1-c1cc(CC2CC3CCC2C3)cc[n+]1[CH2-].[CH2-]c1ccccc1-c1cc(C)[c]([Ge]([CH3])([CH3])[CH3])c[n+]1[CH2-].[Ir]. The van der Waals surface area contributed by atoms with E-state index in [-0.39, 0.29) is 20.1 Å². The van der Waals surface area contributed by atoms with E-state index in [9.17, 15) is 0 Å². The van der Waals surface area contributed by atoms with Crippen LogP contribution >= 0.6 is 0 Å². The van der Waals surface area contributed by atoms with Crippen molar-refractivity contribution in [3.8, 4) is 33.6 Å². The fraction of sp³-hybridized carbons (Fsp3) is 0.240. The van der Waals surface area contributed by atoms with Crippen molar-refractivity contribution in [3.05, 3.63) is 166 Å². The summed E-state index contributed by atoms with van der Waals surface area (Å²) in [5.41, 5.74) is 13.4. The third-order valence-electron chi connectivity index (χ3n) is 12.0. The Morgan fingerprint density at radius 2 is 1.47 bits per heavy atom. The van der Waals surface area contributed by atoms with Crippen molar-refractivity contribution >= 4 is 39.6 Å². The number of benzene rings is 4. The van der Waals surface area contributed by atoms with Gasteiger partial charge in [0.05, 0.1) is 17.5 Å². The molecule has 3 aromatic heterocycles. The smallest absolute Gasteiger partial charge is 0 e. The van der Waals surface area contributed by atoms with Crippen LogP contribution in [0.1, 0.15) is 47.9 Å². The summed E-state index contributed by atoms with van der Waals surface area (Å²) in [6, 6.07) is 36.3. The molecule has 4 aromatic carbocycles. The second-order valence-corrected chi connectivity index (χ2v) is 27.4. The van der Waals surface area contributed by atoms with E-state index in [1.54, 1.807) is 0 Å². The quantitative estimate of drug-likeness (QED) is 0.0924. The predicted molar refractivity (Wildman–Crippen MR) is 228 cm³/mol. The molecular formula is C50H52GeIrN2O-2. The largest absolute Gasteiger partial charge is 0 e. The van der Waals surface area contributed by atoms with Crippen LogP contribution < -0.4 is 13.5 Å². The van der Waals surface area contributed by atoms with Crippen LogP contribution in [0.3, 0.4) is 0 Å². The maximum atomic E-state index is 6.57. The van der Waals surface area contributed by atoms with Crippen molar-refractivity contribution in [2.45, 2.75) is 56.3 Å². The van der Waals surface area contributed by atoms with E-state index >= 15 is 0 Å². The van der Waals surface area contributed by atoms with Crippen LogP contribution in [0.2, 0.25) is 17.3 Å². The average molecular weight is 962 g/mol. The molecule has 2 saturated carbocycles. The van der Waals surface area contributed by atoms with Crippen molar-refractivity contribution in [3.63, 3.8) is 0 Å². The van der Waals surface area contributed by atoms with Crippen molar-refractivity contribution in [1.29, 1.82) is 0 Å². The summed E-state index contributed by atoms with van der Waals surface area (Å²) < 4.78 is 12.1. The number of fused-ring (bicyclic) bond motifs is 5. The van der Waals surface area contributed by atoms with Gasteiger partial charge in [0.1, 0.15) is 5.58 Å². The van der Waals surface area contributed by atoms with E-state index in [1.165, 1.54) is 46.8 Å². The summed E-state index contributed by atoms with van der Waals surface area (Å²) in [7, 11) is 8.48. The van der Waals surface area contributed by atoms with Crippen molar-refractivity contribution in [2.75, 3.05) is 0 Å². The molecule has 7 aromatic rings. The number of furan rings is 1. The van der Waals surface area contributed by atoms with Gasteiger partial charge in [0.2, 0.25) is 0 Å². The molecule has 3 heterocycles. The molecule has 0 saturated heterocycles. The molecule has 283 valence electrons. The molecule has 2 aliphatic rings. The predicted octanol–water partition coefficient (Wildman–Crippen LogP) is 11.3. The molecule has 2 bridgehead atoms. The van der Waals surface area contributed by atoms with Crippen LogP contribution in [0.25, 0.3) is 55.6 Å². The summed E-state index contributed by atoms with van der Waals surface area (Å²) in [6.45, 7) is 10.7. The van der Waals surface area contributed by atoms with Crippen LogP contribution in [0.4, 0.5) is 0 Å². The number of hydrogen-bond donors (Lipinski definition) is 0. The monoisotopic (exact) mass is 963 g/mol. The second-order valence-electron chi connectivity index (χ2n) is 16.8. The van der Waals surface area contributed by atoms with E-state index in [4.69, 9.17) is 4.42 Å². The number of pyridine rings is 2. The van der Waals surface area contributed by atoms with Crippen LogP contribution in [0.5, 0.6) is 0 Å². The maximum absolute atomic E-state index is 6.57. The summed E-state index contributed by atoms with van der Waals surface area (Å²) in [5.74, 6) is 9.98. The Hall–Kier alpha value is -4.35. The minimum Gasteiger partial charge on any atom is 0 e. The molecule has 55 heavy (non-hydrogen) atoms. The molecule has 2 fully saturated rings. The zero-order valence-electron chi connectivity index (χ0n) is 32.7. The fourth-order valence-electron chi connectivity index (χ4n) is 9.30. The first-order chi connectivity index (χ1) is 25.9. The molecule has 0 spiro atoms. The van der Waals surface area contributed by atoms with Gasteiger partial charge in [-0.05, 0) is 66.7 Å². The Labute approximate surface area is 344 Å². The third kappa shape index (κ3) is 7.75. The van der Waals surface area contributed by atoms with Crippen molar-refractivity contribution < 1.29 is 33.7 Å². The van der Waals surface area contributed by atoms with Gasteiger partial charge < -0.3 is 8.98 Å². The number of hydrogen-bond acceptors (Lipinski definition) is 1. The van der Waals surface area contributed by atoms with E-state index in [1.807, 2.05) is 27.3 Å². The van der Waals surface area contributed by atoms with Gasteiger partial charge in [0.25, 0.3) is 0 Å². The van der Waals surface area contributed by atoms with E-state index in [2.05, 4.69) is 149 Å². The molecule has 3 unspecified atom stereocenters. The van der Waals surface area contributed by atoms with Crippen LogP contribution in [-0.4, -0.2) is 13.3 Å². The number of aromatic nitrogens is 2. The maximum Gasteiger partial charge on any atom is 0 e. The summed E-state index contributed by atoms with van der Waals surface area (Å²) in [4.78, 5) is 0. The minimum atomic E-state index is -1.83. The van der Waals surface area contributed by atoms with Crippen LogP contribution in [0, 0.1) is 52.6 Å². The molecule has 3 atom stereocenters. The van der Waals surface area contributed by atoms with Crippen LogP contribution in [-0.2, 0) is 26.5 Å². The Balaban J connectivity index is 0.000000199. The topological polar surface area (TPSA) is 20.9 Å². The third-order valence-corrected chi connectivity index (χ3v) is 16.5. The summed E-state index contributed by atoms with van der Waals surface area (Å²) >= 11 is -1.83. The van der Waals surface area contributed by atoms with Gasteiger partial charge >= 0.3 is 119 Å². The molecule has 0 aliphatic heterocycles. The normalized spacial score (nSPS) is 17.6. The number of aryl methyl sites for hydroxylation is 1. The van der Waals surface area contributed by atoms with Gasteiger partial charge in [-0.2, -0.15) is 18.6 Å².